The largest absolute Gasteiger partial charge is 0.416 e. The molecule has 0 aliphatic rings. The van der Waals surface area contributed by atoms with E-state index in [2.05, 4.69) is 6.58 Å². The lowest BCUT2D eigenvalue weighted by molar-refractivity contribution is -0.0686. The molecule has 98 valence electrons. The van der Waals surface area contributed by atoms with Gasteiger partial charge in [0.05, 0.1) is 5.57 Å². The molecule has 0 bridgehead atoms. The predicted octanol–water partition coefficient (Wildman–Crippen LogP) is 5.24. The summed E-state index contributed by atoms with van der Waals surface area (Å²) in [4.78, 5) is 0. The Bertz CT molecular complexity index is 595. The molecule has 0 radical (unpaired) electrons. The number of hydrogen-bond donors (Lipinski definition) is 0. The molecule has 3 heteroatoms. The van der Waals surface area contributed by atoms with E-state index in [0.717, 1.165) is 11.1 Å². The maximum Gasteiger partial charge on any atom is 0.416 e. The number of aryl methyl sites for hydroxylation is 1. The molecular weight excluding hydrogens is 249 g/mol. The fourth-order valence-corrected chi connectivity index (χ4v) is 1.93. The van der Waals surface area contributed by atoms with Crippen molar-refractivity contribution in [3.63, 3.8) is 0 Å². The number of benzene rings is 2. The van der Waals surface area contributed by atoms with Gasteiger partial charge in [0.15, 0.2) is 0 Å². The molecule has 0 saturated heterocycles. The Balaban J connectivity index is 2.61. The van der Waals surface area contributed by atoms with Gasteiger partial charge in [0.1, 0.15) is 0 Å². The molecule has 2 rings (SSSR count). The average Bonchev–Trinajstić information content (AvgIpc) is 2.38. The van der Waals surface area contributed by atoms with Crippen LogP contribution in [0.1, 0.15) is 11.1 Å². The third-order valence-electron chi connectivity index (χ3n) is 2.93. The Kier molecular flexibility index (Phi) is 3.47. The van der Waals surface area contributed by atoms with Crippen LogP contribution in [-0.2, 0) is 0 Å². The van der Waals surface area contributed by atoms with Gasteiger partial charge >= 0.3 is 6.18 Å². The van der Waals surface area contributed by atoms with Crippen LogP contribution in [0.2, 0.25) is 0 Å². The van der Waals surface area contributed by atoms with Crippen molar-refractivity contribution >= 4 is 5.57 Å². The van der Waals surface area contributed by atoms with E-state index in [1.165, 1.54) is 6.07 Å². The Labute approximate surface area is 110 Å². The lowest BCUT2D eigenvalue weighted by Gasteiger charge is -2.15. The van der Waals surface area contributed by atoms with Gasteiger partial charge in [-0.15, -0.1) is 0 Å². The van der Waals surface area contributed by atoms with Crippen molar-refractivity contribution in [1.29, 1.82) is 0 Å². The Morgan fingerprint density at radius 1 is 1.00 bits per heavy atom. The second-order valence-electron chi connectivity index (χ2n) is 4.39. The lowest BCUT2D eigenvalue weighted by Crippen LogP contribution is -2.10. The molecule has 19 heavy (non-hydrogen) atoms. The van der Waals surface area contributed by atoms with Gasteiger partial charge < -0.3 is 0 Å². The van der Waals surface area contributed by atoms with E-state index < -0.39 is 11.7 Å². The summed E-state index contributed by atoms with van der Waals surface area (Å²) in [5.41, 5.74) is 1.54. The first kappa shape index (κ1) is 13.4. The molecule has 2 aromatic rings. The topological polar surface area (TPSA) is 0 Å². The van der Waals surface area contributed by atoms with Crippen LogP contribution in [0.25, 0.3) is 16.7 Å². The van der Waals surface area contributed by atoms with E-state index in [4.69, 9.17) is 0 Å². The first-order chi connectivity index (χ1) is 8.89. The fraction of sp³-hybridized carbons (Fsp3) is 0.125. The minimum absolute atomic E-state index is 0.129. The minimum Gasteiger partial charge on any atom is -0.166 e. The third kappa shape index (κ3) is 2.87. The van der Waals surface area contributed by atoms with Crippen LogP contribution in [0.15, 0.2) is 55.1 Å². The van der Waals surface area contributed by atoms with Gasteiger partial charge in [-0.2, -0.15) is 13.2 Å². The summed E-state index contributed by atoms with van der Waals surface area (Å²) in [5.74, 6) is 0. The molecule has 0 saturated carbocycles. The zero-order chi connectivity index (χ0) is 14.0. The fourth-order valence-electron chi connectivity index (χ4n) is 1.93. The molecule has 0 heterocycles. The second kappa shape index (κ2) is 4.92. The summed E-state index contributed by atoms with van der Waals surface area (Å²) in [5, 5.41) is 0. The summed E-state index contributed by atoms with van der Waals surface area (Å²) in [7, 11) is 0. The molecular formula is C16H13F3. The van der Waals surface area contributed by atoms with Gasteiger partial charge in [-0.1, -0.05) is 60.7 Å². The standard InChI is InChI=1S/C16H13F3/c1-11-8-9-14(12(2)16(17,18)19)15(10-11)13-6-4-3-5-7-13/h3-10H,2H2,1H3. The zero-order valence-corrected chi connectivity index (χ0v) is 10.5. The predicted molar refractivity (Wildman–Crippen MR) is 71.7 cm³/mol. The van der Waals surface area contributed by atoms with Crippen LogP contribution >= 0.6 is 0 Å². The maximum absolute atomic E-state index is 12.8. The van der Waals surface area contributed by atoms with Gasteiger partial charge in [-0.25, -0.2) is 0 Å². The van der Waals surface area contributed by atoms with Crippen LogP contribution < -0.4 is 0 Å². The molecule has 0 aliphatic carbocycles. The van der Waals surface area contributed by atoms with Gasteiger partial charge in [-0.05, 0) is 23.6 Å². The molecule has 0 N–H and O–H groups in total. The summed E-state index contributed by atoms with van der Waals surface area (Å²) < 4.78 is 38.5. The van der Waals surface area contributed by atoms with E-state index in [0.29, 0.717) is 5.56 Å². The van der Waals surface area contributed by atoms with Crippen molar-refractivity contribution in [2.75, 3.05) is 0 Å². The van der Waals surface area contributed by atoms with Crippen LogP contribution in [0.4, 0.5) is 13.2 Å². The van der Waals surface area contributed by atoms with E-state index >= 15 is 0 Å². The molecule has 0 aliphatic heterocycles. The van der Waals surface area contributed by atoms with Crippen LogP contribution in [0.3, 0.4) is 0 Å². The van der Waals surface area contributed by atoms with E-state index in [9.17, 15) is 13.2 Å². The SMILES string of the molecule is C=C(c1ccc(C)cc1-c1ccccc1)C(F)(F)F. The van der Waals surface area contributed by atoms with Crippen LogP contribution in [-0.4, -0.2) is 6.18 Å². The number of rotatable bonds is 2. The highest BCUT2D eigenvalue weighted by Gasteiger charge is 2.34. The molecule has 0 spiro atoms. The lowest BCUT2D eigenvalue weighted by atomic mass is 9.93. The molecule has 0 amide bonds. The van der Waals surface area contributed by atoms with Gasteiger partial charge in [0.2, 0.25) is 0 Å². The van der Waals surface area contributed by atoms with Crippen molar-refractivity contribution in [1.82, 2.24) is 0 Å². The Morgan fingerprint density at radius 3 is 2.21 bits per heavy atom. The maximum atomic E-state index is 12.8. The van der Waals surface area contributed by atoms with Crippen molar-refractivity contribution in [3.8, 4) is 11.1 Å². The van der Waals surface area contributed by atoms with Crippen molar-refractivity contribution in [2.24, 2.45) is 0 Å². The summed E-state index contributed by atoms with van der Waals surface area (Å²) >= 11 is 0. The summed E-state index contributed by atoms with van der Waals surface area (Å²) in [6.45, 7) is 5.04. The molecule has 0 fully saturated rings. The monoisotopic (exact) mass is 262 g/mol. The van der Waals surface area contributed by atoms with Crippen molar-refractivity contribution in [2.45, 2.75) is 13.1 Å². The van der Waals surface area contributed by atoms with Gasteiger partial charge in [0.25, 0.3) is 0 Å². The third-order valence-corrected chi connectivity index (χ3v) is 2.93. The van der Waals surface area contributed by atoms with Gasteiger partial charge in [0, 0.05) is 0 Å². The molecule has 0 atom stereocenters. The first-order valence-electron chi connectivity index (χ1n) is 5.82. The second-order valence-corrected chi connectivity index (χ2v) is 4.39. The zero-order valence-electron chi connectivity index (χ0n) is 10.5. The molecule has 2 aromatic carbocycles. The minimum atomic E-state index is -4.42. The molecule has 0 aromatic heterocycles. The van der Waals surface area contributed by atoms with Gasteiger partial charge in [-0.3, -0.25) is 0 Å². The number of alkyl halides is 3. The smallest absolute Gasteiger partial charge is 0.166 e. The molecule has 0 nitrogen and oxygen atoms in total. The quantitative estimate of drug-likeness (QED) is 0.694. The molecule has 0 unspecified atom stereocenters. The first-order valence-corrected chi connectivity index (χ1v) is 5.82. The van der Waals surface area contributed by atoms with Crippen LogP contribution in [0, 0.1) is 6.92 Å². The number of hydrogen-bond acceptors (Lipinski definition) is 0. The average molecular weight is 262 g/mol. The highest BCUT2D eigenvalue weighted by molar-refractivity contribution is 5.82. The van der Waals surface area contributed by atoms with E-state index in [1.54, 1.807) is 36.4 Å². The summed E-state index contributed by atoms with van der Waals surface area (Å²) in [6.07, 6.45) is -4.42. The number of allylic oxidation sites excluding steroid dienone is 1. The Hall–Kier alpha value is -2.03. The Morgan fingerprint density at radius 2 is 1.63 bits per heavy atom. The van der Waals surface area contributed by atoms with E-state index in [1.807, 2.05) is 13.0 Å². The van der Waals surface area contributed by atoms with Crippen LogP contribution in [0.5, 0.6) is 0 Å². The summed E-state index contributed by atoms with van der Waals surface area (Å²) in [6, 6.07) is 13.9. The van der Waals surface area contributed by atoms with Crippen molar-refractivity contribution < 1.29 is 13.2 Å². The van der Waals surface area contributed by atoms with Crippen molar-refractivity contribution in [3.05, 3.63) is 66.2 Å². The highest BCUT2D eigenvalue weighted by Crippen LogP contribution is 2.37. The van der Waals surface area contributed by atoms with E-state index in [-0.39, 0.29) is 5.56 Å². The normalized spacial score (nSPS) is 11.4. The number of halogens is 3. The highest BCUT2D eigenvalue weighted by atomic mass is 19.4.